The van der Waals surface area contributed by atoms with E-state index in [2.05, 4.69) is 43.4 Å². The first-order chi connectivity index (χ1) is 25.2. The van der Waals surface area contributed by atoms with Crippen molar-refractivity contribution in [3.05, 3.63) is 82.0 Å². The molecule has 52 heavy (non-hydrogen) atoms. The van der Waals surface area contributed by atoms with E-state index in [9.17, 15) is 13.8 Å². The molecule has 2 fully saturated rings. The molecule has 5 aliphatic rings. The minimum absolute atomic E-state index is 0.0102. The Morgan fingerprint density at radius 3 is 2.75 bits per heavy atom. The molecule has 5 atom stereocenters. The number of aromatic nitrogens is 2. The van der Waals surface area contributed by atoms with Gasteiger partial charge in [-0.25, -0.2) is 4.21 Å². The zero-order chi connectivity index (χ0) is 36.0. The third-order valence-corrected chi connectivity index (χ3v) is 13.6. The molecule has 2 aromatic carbocycles. The predicted molar refractivity (Wildman–Crippen MR) is 200 cm³/mol. The zero-order valence-electron chi connectivity index (χ0n) is 29.7. The number of methoxy groups -OCH3 is 2. The van der Waals surface area contributed by atoms with E-state index < -0.39 is 21.7 Å². The number of hydrogen-bond acceptors (Lipinski definition) is 8. The number of nitrogens with one attached hydrogen (secondary N) is 1. The molecule has 1 N–H and O–H groups in total. The van der Waals surface area contributed by atoms with Crippen LogP contribution < -0.4 is 19.1 Å². The van der Waals surface area contributed by atoms with Crippen LogP contribution in [0.15, 0.2) is 59.1 Å². The zero-order valence-corrected chi connectivity index (χ0v) is 31.3. The van der Waals surface area contributed by atoms with E-state index in [1.165, 1.54) is 18.2 Å². The topological polar surface area (TPSA) is 124 Å². The molecule has 0 saturated heterocycles. The van der Waals surface area contributed by atoms with Crippen LogP contribution in [-0.2, 0) is 26.5 Å². The largest absolute Gasteiger partial charge is 0.490 e. The Kier molecular flexibility index (Phi) is 9.59. The van der Waals surface area contributed by atoms with Gasteiger partial charge in [0.15, 0.2) is 0 Å². The van der Waals surface area contributed by atoms with Gasteiger partial charge in [0, 0.05) is 42.4 Å². The lowest BCUT2D eigenvalue weighted by Gasteiger charge is -2.46. The molecule has 13 heteroatoms. The smallest absolute Gasteiger partial charge is 0.286 e. The molecule has 11 nitrogen and oxygen atoms in total. The fourth-order valence-corrected chi connectivity index (χ4v) is 10.3. The molecule has 2 amide bonds. The molecule has 2 saturated carbocycles. The van der Waals surface area contributed by atoms with Crippen molar-refractivity contribution in [2.75, 3.05) is 44.6 Å². The molecule has 3 aromatic rings. The van der Waals surface area contributed by atoms with Crippen molar-refractivity contribution in [3.8, 4) is 11.6 Å². The van der Waals surface area contributed by atoms with Crippen LogP contribution in [0.1, 0.15) is 89.3 Å². The number of amides is 2. The van der Waals surface area contributed by atoms with Gasteiger partial charge in [0.25, 0.3) is 11.8 Å². The Morgan fingerprint density at radius 1 is 1.12 bits per heavy atom. The first-order valence-electron chi connectivity index (χ1n) is 18.4. The van der Waals surface area contributed by atoms with Gasteiger partial charge in [-0.05, 0) is 111 Å². The fourth-order valence-electron chi connectivity index (χ4n) is 8.52. The normalized spacial score (nSPS) is 29.4. The summed E-state index contributed by atoms with van der Waals surface area (Å²) >= 11 is 6.46. The molecular formula is C39H46ClN5O6S. The highest BCUT2D eigenvalue weighted by atomic mass is 35.5. The lowest BCUT2D eigenvalue weighted by molar-refractivity contribution is 0.0132. The number of rotatable bonds is 5. The van der Waals surface area contributed by atoms with Crippen LogP contribution >= 0.6 is 11.6 Å². The highest BCUT2D eigenvalue weighted by Crippen LogP contribution is 2.47. The van der Waals surface area contributed by atoms with Gasteiger partial charge >= 0.3 is 0 Å². The van der Waals surface area contributed by atoms with Crippen LogP contribution in [0, 0.1) is 11.8 Å². The summed E-state index contributed by atoms with van der Waals surface area (Å²) in [5, 5.41) is 5.13. The number of aryl methyl sites for hydroxylation is 1. The molecule has 1 aromatic heterocycles. The summed E-state index contributed by atoms with van der Waals surface area (Å²) in [5.41, 5.74) is 3.52. The van der Waals surface area contributed by atoms with E-state index in [1.54, 1.807) is 24.1 Å². The van der Waals surface area contributed by atoms with Crippen LogP contribution in [0.2, 0.25) is 5.02 Å². The van der Waals surface area contributed by atoms with Gasteiger partial charge < -0.3 is 19.1 Å². The Morgan fingerprint density at radius 2 is 1.98 bits per heavy atom. The quantitative estimate of drug-likeness (QED) is 0.286. The number of fused-ring (bicyclic) bond motifs is 4. The molecule has 2 aliphatic heterocycles. The number of carbonyl (C=O) groups is 2. The van der Waals surface area contributed by atoms with E-state index in [0.717, 1.165) is 62.2 Å². The van der Waals surface area contributed by atoms with Crippen molar-refractivity contribution in [3.63, 3.8) is 0 Å². The Hall–Kier alpha value is -3.87. The van der Waals surface area contributed by atoms with Crippen molar-refractivity contribution in [1.82, 2.24) is 14.5 Å². The van der Waals surface area contributed by atoms with Gasteiger partial charge in [-0.3, -0.25) is 19.0 Å². The van der Waals surface area contributed by atoms with Gasteiger partial charge in [0.1, 0.15) is 21.2 Å². The number of benzene rings is 2. The first kappa shape index (κ1) is 35.2. The fraction of sp³-hybridized carbons (Fsp3) is 0.513. The van der Waals surface area contributed by atoms with Crippen molar-refractivity contribution >= 4 is 39.0 Å². The molecule has 3 aliphatic carbocycles. The average molecular weight is 748 g/mol. The maximum Gasteiger partial charge on any atom is 0.286 e. The number of ether oxygens (including phenoxy) is 3. The van der Waals surface area contributed by atoms with Crippen LogP contribution in [0.5, 0.6) is 11.6 Å². The minimum Gasteiger partial charge on any atom is -0.490 e. The molecule has 8 rings (SSSR count). The monoisotopic (exact) mass is 747 g/mol. The number of halogens is 1. The molecule has 2 bridgehead atoms. The standard InChI is InChI=1S/C39H46ClN5O6S/c1-49-34-8-4-3-5-18-52(48,43-37(47)31-22-45(29-12-13-29)41-38(31)50-2)42-36(46)26-10-16-35-33(20-26)44(21-27-9-14-30(27)34)23-39(24-51-35)17-6-7-25-19-28(40)11-15-32(25)39/h4,8,10-11,15-16,19-20,22,27,29-30,34H,3,5-7,9,12-14,17-18,21,23-24H2,1-2H3,(H,42,43,46,47,48)/b8-4+/t27-,30+,34-,39-,52?/m0/s1. The summed E-state index contributed by atoms with van der Waals surface area (Å²) in [6.45, 7) is 1.99. The van der Waals surface area contributed by atoms with Gasteiger partial charge in [0.05, 0.1) is 37.3 Å². The maximum atomic E-state index is 14.5. The van der Waals surface area contributed by atoms with Crippen molar-refractivity contribution < 1.29 is 28.0 Å². The minimum atomic E-state index is -3.55. The Balaban J connectivity index is 1.17. The summed E-state index contributed by atoms with van der Waals surface area (Å²) in [4.78, 5) is 30.0. The third-order valence-electron chi connectivity index (χ3n) is 11.6. The second-order valence-corrected chi connectivity index (χ2v) is 17.5. The lowest BCUT2D eigenvalue weighted by atomic mass is 9.68. The number of hydrogen-bond donors (Lipinski definition) is 1. The van der Waals surface area contributed by atoms with E-state index in [0.29, 0.717) is 43.6 Å². The van der Waals surface area contributed by atoms with Gasteiger partial charge in [-0.15, -0.1) is 9.46 Å². The molecule has 3 heterocycles. The number of anilines is 1. The van der Waals surface area contributed by atoms with E-state index in [4.69, 9.17) is 25.8 Å². The van der Waals surface area contributed by atoms with Gasteiger partial charge in [-0.1, -0.05) is 29.8 Å². The van der Waals surface area contributed by atoms with Crippen LogP contribution in [-0.4, -0.2) is 71.6 Å². The highest BCUT2D eigenvalue weighted by molar-refractivity contribution is 7.92. The van der Waals surface area contributed by atoms with Crippen molar-refractivity contribution in [2.24, 2.45) is 16.2 Å². The van der Waals surface area contributed by atoms with E-state index >= 15 is 0 Å². The third kappa shape index (κ3) is 6.85. The highest BCUT2D eigenvalue weighted by Gasteiger charge is 2.44. The Labute approximate surface area is 310 Å². The average Bonchev–Trinajstić information content (AvgIpc) is 3.90. The summed E-state index contributed by atoms with van der Waals surface area (Å²) in [6, 6.07) is 11.8. The van der Waals surface area contributed by atoms with Crippen LogP contribution in [0.25, 0.3) is 0 Å². The second kappa shape index (κ2) is 14.2. The molecule has 0 radical (unpaired) electrons. The number of carbonyl (C=O) groups excluding carboxylic acids is 2. The second-order valence-electron chi connectivity index (χ2n) is 15.0. The molecular weight excluding hydrogens is 702 g/mol. The molecule has 1 spiro atoms. The van der Waals surface area contributed by atoms with E-state index in [-0.39, 0.29) is 40.3 Å². The molecule has 1 unspecified atom stereocenters. The maximum absolute atomic E-state index is 14.5. The molecule has 276 valence electrons. The summed E-state index contributed by atoms with van der Waals surface area (Å²) in [7, 11) is -0.347. The van der Waals surface area contributed by atoms with Crippen LogP contribution in [0.4, 0.5) is 5.69 Å². The SMILES string of the molecule is COc1nn(C2CC2)cc1C(=O)NS1(=O)=NC(=O)c2ccc3c(c2)N(C[C@@H]2CC[C@H]2[C@@H](OC)/C=C/CCC1)C[C@@]1(CCCc2cc(Cl)ccc21)CO3. The summed E-state index contributed by atoms with van der Waals surface area (Å²) < 4.78 is 41.2. The van der Waals surface area contributed by atoms with Gasteiger partial charge in [0.2, 0.25) is 5.88 Å². The summed E-state index contributed by atoms with van der Waals surface area (Å²) in [5.74, 6) is 0.248. The van der Waals surface area contributed by atoms with Crippen molar-refractivity contribution in [2.45, 2.75) is 75.3 Å². The lowest BCUT2D eigenvalue weighted by Crippen LogP contribution is -2.49. The number of allylic oxidation sites excluding steroid dienone is 1. The predicted octanol–water partition coefficient (Wildman–Crippen LogP) is 6.70. The Bertz CT molecular complexity index is 2040. The van der Waals surface area contributed by atoms with Crippen LogP contribution in [0.3, 0.4) is 0 Å². The number of nitrogens with zero attached hydrogens (tertiary/aromatic N) is 4. The summed E-state index contributed by atoms with van der Waals surface area (Å²) in [6.07, 6.45) is 13.8. The van der Waals surface area contributed by atoms with Crippen molar-refractivity contribution in [1.29, 1.82) is 0 Å². The first-order valence-corrected chi connectivity index (χ1v) is 20.5. The van der Waals surface area contributed by atoms with E-state index in [1.807, 2.05) is 18.2 Å². The van der Waals surface area contributed by atoms with Gasteiger partial charge in [-0.2, -0.15) is 0 Å².